The first-order valence-corrected chi connectivity index (χ1v) is 6.85. The summed E-state index contributed by atoms with van der Waals surface area (Å²) < 4.78 is 6.91. The second-order valence-corrected chi connectivity index (χ2v) is 6.13. The van der Waals surface area contributed by atoms with Crippen LogP contribution in [0.15, 0.2) is 30.5 Å². The molecule has 0 saturated carbocycles. The third-order valence-electron chi connectivity index (χ3n) is 3.00. The Morgan fingerprint density at radius 1 is 1.33 bits per heavy atom. The molecule has 1 aromatic carbocycles. The van der Waals surface area contributed by atoms with Crippen LogP contribution in [0.5, 0.6) is 5.75 Å². The van der Waals surface area contributed by atoms with Gasteiger partial charge in [-0.1, -0.05) is 44.5 Å². The fraction of sp³-hybridized carbons (Fsp3) is 0.333. The minimum Gasteiger partial charge on any atom is -0.476 e. The first-order chi connectivity index (χ1) is 9.77. The van der Waals surface area contributed by atoms with Crippen molar-refractivity contribution < 1.29 is 14.6 Å². The number of rotatable bonds is 4. The summed E-state index contributed by atoms with van der Waals surface area (Å²) >= 11 is 5.77. The summed E-state index contributed by atoms with van der Waals surface area (Å²) in [6, 6.07) is 7.77. The van der Waals surface area contributed by atoms with Crippen molar-refractivity contribution in [1.82, 2.24) is 9.78 Å². The van der Waals surface area contributed by atoms with E-state index in [1.54, 1.807) is 0 Å². The number of benzene rings is 1. The summed E-state index contributed by atoms with van der Waals surface area (Å²) in [6.07, 6.45) is 1.43. The van der Waals surface area contributed by atoms with Crippen LogP contribution in [0.4, 0.5) is 0 Å². The van der Waals surface area contributed by atoms with E-state index in [1.165, 1.54) is 16.4 Å². The molecule has 0 aliphatic carbocycles. The number of halogens is 1. The zero-order chi connectivity index (χ0) is 15.6. The fourth-order valence-electron chi connectivity index (χ4n) is 1.80. The molecular formula is C15H17ClN2O3. The Bertz CT molecular complexity index is 642. The fourth-order valence-corrected chi connectivity index (χ4v) is 2.03. The molecule has 0 amide bonds. The van der Waals surface area contributed by atoms with Crippen molar-refractivity contribution in [3.8, 4) is 5.75 Å². The standard InChI is InChI=1S/C15H17ClN2O3/c1-15(2,3)10-4-6-11(7-5-10)21-9-18-8-12(16)13(17-18)14(19)20/h4-8H,9H2,1-3H3,(H,19,20). The minimum absolute atomic E-state index is 0.0877. The molecule has 5 nitrogen and oxygen atoms in total. The molecule has 0 fully saturated rings. The molecule has 21 heavy (non-hydrogen) atoms. The molecule has 1 N–H and O–H groups in total. The molecule has 0 atom stereocenters. The molecule has 112 valence electrons. The van der Waals surface area contributed by atoms with Gasteiger partial charge in [0.05, 0.1) is 5.02 Å². The average Bonchev–Trinajstić information content (AvgIpc) is 2.77. The van der Waals surface area contributed by atoms with Gasteiger partial charge >= 0.3 is 5.97 Å². The van der Waals surface area contributed by atoms with Crippen LogP contribution in [0.2, 0.25) is 5.02 Å². The first kappa shape index (κ1) is 15.4. The Morgan fingerprint density at radius 3 is 2.43 bits per heavy atom. The minimum atomic E-state index is -1.16. The molecule has 0 spiro atoms. The molecule has 1 heterocycles. The third-order valence-corrected chi connectivity index (χ3v) is 3.28. The summed E-state index contributed by atoms with van der Waals surface area (Å²) in [4.78, 5) is 10.8. The smallest absolute Gasteiger partial charge is 0.357 e. The second kappa shape index (κ2) is 5.77. The van der Waals surface area contributed by atoms with E-state index < -0.39 is 5.97 Å². The first-order valence-electron chi connectivity index (χ1n) is 6.47. The van der Waals surface area contributed by atoms with E-state index in [9.17, 15) is 4.79 Å². The summed E-state index contributed by atoms with van der Waals surface area (Å²) in [5, 5.41) is 12.8. The third kappa shape index (κ3) is 3.76. The van der Waals surface area contributed by atoms with E-state index in [0.29, 0.717) is 5.75 Å². The predicted octanol–water partition coefficient (Wildman–Crippen LogP) is 3.57. The van der Waals surface area contributed by atoms with E-state index in [-0.39, 0.29) is 22.9 Å². The van der Waals surface area contributed by atoms with Crippen LogP contribution in [0, 0.1) is 0 Å². The molecule has 0 saturated heterocycles. The summed E-state index contributed by atoms with van der Waals surface area (Å²) in [7, 11) is 0. The van der Waals surface area contributed by atoms with E-state index in [1.807, 2.05) is 24.3 Å². The summed E-state index contributed by atoms with van der Waals surface area (Å²) in [6.45, 7) is 6.52. The van der Waals surface area contributed by atoms with Crippen molar-refractivity contribution in [1.29, 1.82) is 0 Å². The van der Waals surface area contributed by atoms with E-state index in [0.717, 1.165) is 0 Å². The van der Waals surface area contributed by atoms with Crippen LogP contribution >= 0.6 is 11.6 Å². The highest BCUT2D eigenvalue weighted by Crippen LogP contribution is 2.24. The maximum absolute atomic E-state index is 10.8. The number of carbonyl (C=O) groups is 1. The zero-order valence-corrected chi connectivity index (χ0v) is 12.9. The molecule has 0 aliphatic heterocycles. The normalized spacial score (nSPS) is 11.4. The van der Waals surface area contributed by atoms with Gasteiger partial charge in [0.25, 0.3) is 0 Å². The number of ether oxygens (including phenoxy) is 1. The van der Waals surface area contributed by atoms with Gasteiger partial charge in [0, 0.05) is 6.20 Å². The van der Waals surface area contributed by atoms with Crippen LogP contribution in [0.25, 0.3) is 0 Å². The van der Waals surface area contributed by atoms with Gasteiger partial charge in [-0.3, -0.25) is 0 Å². The van der Waals surface area contributed by atoms with Gasteiger partial charge in [0.2, 0.25) is 0 Å². The molecule has 0 radical (unpaired) electrons. The number of carboxylic acid groups (broad SMARTS) is 1. The van der Waals surface area contributed by atoms with Crippen LogP contribution < -0.4 is 4.74 Å². The Hall–Kier alpha value is -2.01. The highest BCUT2D eigenvalue weighted by atomic mass is 35.5. The van der Waals surface area contributed by atoms with Crippen molar-refractivity contribution in [2.45, 2.75) is 32.9 Å². The number of aromatic nitrogens is 2. The number of nitrogens with zero attached hydrogens (tertiary/aromatic N) is 2. The Labute approximate surface area is 128 Å². The topological polar surface area (TPSA) is 64.3 Å². The molecule has 2 rings (SSSR count). The largest absolute Gasteiger partial charge is 0.476 e. The number of carboxylic acids is 1. The van der Waals surface area contributed by atoms with Crippen LogP contribution in [-0.2, 0) is 12.1 Å². The van der Waals surface area contributed by atoms with E-state index in [2.05, 4.69) is 25.9 Å². The Kier molecular flexibility index (Phi) is 4.23. The molecule has 0 aliphatic rings. The van der Waals surface area contributed by atoms with Gasteiger partial charge in [0.15, 0.2) is 12.4 Å². The zero-order valence-electron chi connectivity index (χ0n) is 12.1. The van der Waals surface area contributed by atoms with Crippen molar-refractivity contribution in [2.75, 3.05) is 0 Å². The van der Waals surface area contributed by atoms with Crippen molar-refractivity contribution in [3.05, 3.63) is 46.7 Å². The highest BCUT2D eigenvalue weighted by Gasteiger charge is 2.15. The summed E-state index contributed by atoms with van der Waals surface area (Å²) in [5.41, 5.74) is 1.12. The van der Waals surface area contributed by atoms with Gasteiger partial charge in [-0.15, -0.1) is 0 Å². The Balaban J connectivity index is 2.03. The van der Waals surface area contributed by atoms with Crippen molar-refractivity contribution in [3.63, 3.8) is 0 Å². The van der Waals surface area contributed by atoms with Gasteiger partial charge in [-0.25, -0.2) is 9.48 Å². The van der Waals surface area contributed by atoms with Crippen LogP contribution in [-0.4, -0.2) is 20.9 Å². The van der Waals surface area contributed by atoms with Gasteiger partial charge in [-0.05, 0) is 23.1 Å². The molecule has 2 aromatic rings. The molecule has 0 bridgehead atoms. The van der Waals surface area contributed by atoms with E-state index in [4.69, 9.17) is 21.4 Å². The van der Waals surface area contributed by atoms with Crippen molar-refractivity contribution >= 4 is 17.6 Å². The molecule has 6 heteroatoms. The molecule has 0 unspecified atom stereocenters. The maximum atomic E-state index is 10.8. The lowest BCUT2D eigenvalue weighted by Crippen LogP contribution is -2.11. The maximum Gasteiger partial charge on any atom is 0.357 e. The van der Waals surface area contributed by atoms with Gasteiger partial charge in [0.1, 0.15) is 5.75 Å². The average molecular weight is 309 g/mol. The predicted molar refractivity (Wildman–Crippen MR) is 80.0 cm³/mol. The number of hydrogen-bond acceptors (Lipinski definition) is 3. The van der Waals surface area contributed by atoms with Crippen LogP contribution in [0.3, 0.4) is 0 Å². The van der Waals surface area contributed by atoms with Gasteiger partial charge < -0.3 is 9.84 Å². The second-order valence-electron chi connectivity index (χ2n) is 5.72. The lowest BCUT2D eigenvalue weighted by Gasteiger charge is -2.19. The van der Waals surface area contributed by atoms with Crippen molar-refractivity contribution in [2.24, 2.45) is 0 Å². The lowest BCUT2D eigenvalue weighted by atomic mass is 9.87. The monoisotopic (exact) mass is 308 g/mol. The SMILES string of the molecule is CC(C)(C)c1ccc(OCn2cc(Cl)c(C(=O)O)n2)cc1. The van der Waals surface area contributed by atoms with E-state index >= 15 is 0 Å². The highest BCUT2D eigenvalue weighted by molar-refractivity contribution is 6.33. The summed E-state index contributed by atoms with van der Waals surface area (Å²) in [5.74, 6) is -0.472. The number of aromatic carboxylic acids is 1. The van der Waals surface area contributed by atoms with Gasteiger partial charge in [-0.2, -0.15) is 5.10 Å². The molecular weight excluding hydrogens is 292 g/mol. The molecule has 1 aromatic heterocycles. The lowest BCUT2D eigenvalue weighted by molar-refractivity contribution is 0.0688. The Morgan fingerprint density at radius 2 is 1.95 bits per heavy atom. The van der Waals surface area contributed by atoms with Crippen LogP contribution in [0.1, 0.15) is 36.8 Å². The number of hydrogen-bond donors (Lipinski definition) is 1. The quantitative estimate of drug-likeness (QED) is 0.937.